The molecule has 0 saturated carbocycles. The van der Waals surface area contributed by atoms with Gasteiger partial charge >= 0.3 is 0 Å². The first-order valence-corrected chi connectivity index (χ1v) is 8.13. The molecule has 3 aromatic rings. The molecule has 0 amide bonds. The van der Waals surface area contributed by atoms with Crippen molar-refractivity contribution in [2.24, 2.45) is 0 Å². The predicted octanol–water partition coefficient (Wildman–Crippen LogP) is 2.87. The van der Waals surface area contributed by atoms with E-state index in [-0.39, 0.29) is 0 Å². The van der Waals surface area contributed by atoms with Crippen molar-refractivity contribution in [1.29, 1.82) is 0 Å². The van der Waals surface area contributed by atoms with Gasteiger partial charge in [0.05, 0.1) is 24.2 Å². The summed E-state index contributed by atoms with van der Waals surface area (Å²) < 4.78 is 2.05. The summed E-state index contributed by atoms with van der Waals surface area (Å²) in [6, 6.07) is 2.59. The number of thiophene rings is 1. The van der Waals surface area contributed by atoms with Crippen LogP contribution in [0.2, 0.25) is 0 Å². The van der Waals surface area contributed by atoms with Gasteiger partial charge in [-0.1, -0.05) is 0 Å². The van der Waals surface area contributed by atoms with Crippen LogP contribution in [-0.4, -0.2) is 32.3 Å². The standard InChI is InChI=1S/C15H17N5S/c1-11-7-18-19(8-11)9-12-3-2-5-20(12)14-13-4-6-21-15(13)17-10-16-14/h4,6-8,10,12H,2-3,5,9H2,1H3/t12-/m0/s1. The molecule has 0 bridgehead atoms. The van der Waals surface area contributed by atoms with Crippen molar-refractivity contribution in [3.05, 3.63) is 35.7 Å². The third kappa shape index (κ3) is 2.29. The van der Waals surface area contributed by atoms with Crippen molar-refractivity contribution in [2.75, 3.05) is 11.4 Å². The molecular weight excluding hydrogens is 282 g/mol. The highest BCUT2D eigenvalue weighted by atomic mass is 32.1. The highest BCUT2D eigenvalue weighted by molar-refractivity contribution is 7.16. The maximum atomic E-state index is 4.55. The Labute approximate surface area is 127 Å². The van der Waals surface area contributed by atoms with Crippen molar-refractivity contribution < 1.29 is 0 Å². The first-order chi connectivity index (χ1) is 10.3. The average molecular weight is 299 g/mol. The van der Waals surface area contributed by atoms with Gasteiger partial charge in [0.25, 0.3) is 0 Å². The fourth-order valence-corrected chi connectivity index (χ4v) is 3.82. The predicted molar refractivity (Wildman–Crippen MR) is 84.7 cm³/mol. The summed E-state index contributed by atoms with van der Waals surface area (Å²) in [7, 11) is 0. The number of nitrogens with zero attached hydrogens (tertiary/aromatic N) is 5. The lowest BCUT2D eigenvalue weighted by molar-refractivity contribution is 0.508. The topological polar surface area (TPSA) is 46.8 Å². The summed E-state index contributed by atoms with van der Waals surface area (Å²) in [5, 5.41) is 7.68. The molecule has 0 spiro atoms. The second kappa shape index (κ2) is 5.11. The molecular formula is C15H17N5S. The summed E-state index contributed by atoms with van der Waals surface area (Å²) in [4.78, 5) is 12.4. The molecule has 1 aliphatic rings. The minimum Gasteiger partial charge on any atom is -0.351 e. The lowest BCUT2D eigenvalue weighted by atomic mass is 10.2. The zero-order chi connectivity index (χ0) is 14.2. The third-order valence-corrected chi connectivity index (χ3v) is 4.87. The number of aryl methyl sites for hydroxylation is 1. The summed E-state index contributed by atoms with van der Waals surface area (Å²) in [6.45, 7) is 4.06. The number of aromatic nitrogens is 4. The molecule has 0 unspecified atom stereocenters. The smallest absolute Gasteiger partial charge is 0.141 e. The van der Waals surface area contributed by atoms with E-state index in [0.29, 0.717) is 6.04 Å². The van der Waals surface area contributed by atoms with Crippen LogP contribution in [-0.2, 0) is 6.54 Å². The van der Waals surface area contributed by atoms with Crippen molar-refractivity contribution >= 4 is 27.4 Å². The number of hydrogen-bond acceptors (Lipinski definition) is 5. The van der Waals surface area contributed by atoms with E-state index < -0.39 is 0 Å². The molecule has 0 aromatic carbocycles. The van der Waals surface area contributed by atoms with Crippen LogP contribution in [0.25, 0.3) is 10.2 Å². The zero-order valence-electron chi connectivity index (χ0n) is 11.9. The van der Waals surface area contributed by atoms with E-state index in [0.717, 1.165) is 23.7 Å². The normalized spacial score (nSPS) is 18.7. The molecule has 3 aromatic heterocycles. The van der Waals surface area contributed by atoms with E-state index >= 15 is 0 Å². The van der Waals surface area contributed by atoms with E-state index in [2.05, 4.69) is 44.5 Å². The Morgan fingerprint density at radius 1 is 1.38 bits per heavy atom. The summed E-state index contributed by atoms with van der Waals surface area (Å²) in [5.74, 6) is 1.08. The molecule has 1 fully saturated rings. The minimum atomic E-state index is 0.460. The van der Waals surface area contributed by atoms with Crippen molar-refractivity contribution in [3.8, 4) is 0 Å². The Bertz CT molecular complexity index is 762. The Hall–Kier alpha value is -1.95. The summed E-state index contributed by atoms with van der Waals surface area (Å²) >= 11 is 1.67. The molecule has 1 aliphatic heterocycles. The Balaban J connectivity index is 1.65. The Kier molecular flexibility index (Phi) is 3.11. The van der Waals surface area contributed by atoms with Crippen LogP contribution in [0.4, 0.5) is 5.82 Å². The van der Waals surface area contributed by atoms with Crippen LogP contribution in [0.3, 0.4) is 0 Å². The van der Waals surface area contributed by atoms with Gasteiger partial charge in [-0.05, 0) is 36.8 Å². The van der Waals surface area contributed by atoms with Gasteiger partial charge in [-0.25, -0.2) is 9.97 Å². The van der Waals surface area contributed by atoms with Gasteiger partial charge in [0.2, 0.25) is 0 Å². The zero-order valence-corrected chi connectivity index (χ0v) is 12.8. The second-order valence-electron chi connectivity index (χ2n) is 5.57. The third-order valence-electron chi connectivity index (χ3n) is 4.05. The molecule has 108 valence electrons. The van der Waals surface area contributed by atoms with Crippen molar-refractivity contribution in [1.82, 2.24) is 19.7 Å². The Morgan fingerprint density at radius 3 is 3.19 bits per heavy atom. The van der Waals surface area contributed by atoms with Crippen LogP contribution < -0.4 is 4.90 Å². The number of rotatable bonds is 3. The van der Waals surface area contributed by atoms with Gasteiger partial charge in [0.1, 0.15) is 17.0 Å². The number of anilines is 1. The van der Waals surface area contributed by atoms with E-state index in [9.17, 15) is 0 Å². The van der Waals surface area contributed by atoms with Crippen LogP contribution >= 0.6 is 11.3 Å². The Morgan fingerprint density at radius 2 is 2.33 bits per heavy atom. The summed E-state index contributed by atoms with van der Waals surface area (Å²) in [6.07, 6.45) is 8.11. The van der Waals surface area contributed by atoms with E-state index in [1.54, 1.807) is 17.7 Å². The lowest BCUT2D eigenvalue weighted by Crippen LogP contribution is -2.33. The van der Waals surface area contributed by atoms with Crippen molar-refractivity contribution in [3.63, 3.8) is 0 Å². The highest BCUT2D eigenvalue weighted by Crippen LogP contribution is 2.32. The fraction of sp³-hybridized carbons (Fsp3) is 0.400. The van der Waals surface area contributed by atoms with Gasteiger partial charge < -0.3 is 4.90 Å². The molecule has 6 heteroatoms. The first-order valence-electron chi connectivity index (χ1n) is 7.25. The molecule has 5 nitrogen and oxygen atoms in total. The SMILES string of the molecule is Cc1cnn(C[C@@H]2CCCN2c2ncnc3sccc23)c1. The van der Waals surface area contributed by atoms with Crippen LogP contribution in [0.15, 0.2) is 30.2 Å². The molecule has 0 aliphatic carbocycles. The first kappa shape index (κ1) is 12.8. The van der Waals surface area contributed by atoms with Gasteiger partial charge in [-0.15, -0.1) is 11.3 Å². The van der Waals surface area contributed by atoms with Gasteiger partial charge in [0.15, 0.2) is 0 Å². The van der Waals surface area contributed by atoms with E-state index in [1.165, 1.54) is 23.8 Å². The second-order valence-corrected chi connectivity index (χ2v) is 6.46. The van der Waals surface area contributed by atoms with Gasteiger partial charge in [-0.2, -0.15) is 5.10 Å². The fourth-order valence-electron chi connectivity index (χ4n) is 3.09. The molecule has 0 radical (unpaired) electrons. The van der Waals surface area contributed by atoms with Crippen LogP contribution in [0.5, 0.6) is 0 Å². The minimum absolute atomic E-state index is 0.460. The van der Waals surface area contributed by atoms with Crippen LogP contribution in [0, 0.1) is 6.92 Å². The largest absolute Gasteiger partial charge is 0.351 e. The summed E-state index contributed by atoms with van der Waals surface area (Å²) in [5.41, 5.74) is 1.21. The monoisotopic (exact) mass is 299 g/mol. The van der Waals surface area contributed by atoms with E-state index in [4.69, 9.17) is 0 Å². The van der Waals surface area contributed by atoms with Gasteiger partial charge in [0, 0.05) is 12.7 Å². The molecule has 0 N–H and O–H groups in total. The maximum absolute atomic E-state index is 4.55. The maximum Gasteiger partial charge on any atom is 0.141 e. The van der Waals surface area contributed by atoms with E-state index in [1.807, 2.05) is 10.9 Å². The molecule has 1 saturated heterocycles. The lowest BCUT2D eigenvalue weighted by Gasteiger charge is -2.26. The molecule has 21 heavy (non-hydrogen) atoms. The number of hydrogen-bond donors (Lipinski definition) is 0. The average Bonchev–Trinajstić information content (AvgIpc) is 3.19. The quantitative estimate of drug-likeness (QED) is 0.746. The molecule has 4 rings (SSSR count). The number of fused-ring (bicyclic) bond motifs is 1. The van der Waals surface area contributed by atoms with Crippen LogP contribution in [0.1, 0.15) is 18.4 Å². The molecule has 4 heterocycles. The van der Waals surface area contributed by atoms with Gasteiger partial charge in [-0.3, -0.25) is 4.68 Å². The van der Waals surface area contributed by atoms with Crippen molar-refractivity contribution in [2.45, 2.75) is 32.4 Å². The molecule has 1 atom stereocenters. The highest BCUT2D eigenvalue weighted by Gasteiger charge is 2.27.